The van der Waals surface area contributed by atoms with E-state index in [0.29, 0.717) is 28.7 Å². The highest BCUT2D eigenvalue weighted by molar-refractivity contribution is 7.13. The summed E-state index contributed by atoms with van der Waals surface area (Å²) in [5.74, 6) is -1.88. The summed E-state index contributed by atoms with van der Waals surface area (Å²) in [6.07, 6.45) is 0.864. The molecule has 1 aromatic carbocycles. The van der Waals surface area contributed by atoms with Crippen molar-refractivity contribution < 1.29 is 19.5 Å². The van der Waals surface area contributed by atoms with Crippen LogP contribution in [0.2, 0.25) is 5.02 Å². The van der Waals surface area contributed by atoms with Crippen LogP contribution in [0, 0.1) is 0 Å². The molecule has 0 radical (unpaired) electrons. The van der Waals surface area contributed by atoms with Crippen LogP contribution in [-0.2, 0) is 17.8 Å². The minimum absolute atomic E-state index is 0.201. The summed E-state index contributed by atoms with van der Waals surface area (Å²) >= 11 is 7.40. The Balaban J connectivity index is 1.39. The van der Waals surface area contributed by atoms with Gasteiger partial charge in [0.2, 0.25) is 0 Å². The van der Waals surface area contributed by atoms with Gasteiger partial charge in [-0.15, -0.1) is 11.3 Å². The van der Waals surface area contributed by atoms with Gasteiger partial charge in [0, 0.05) is 46.9 Å². The number of H-pyrrole nitrogens is 1. The first-order valence-electron chi connectivity index (χ1n) is 11.7. The number of aromatic amines is 1. The maximum Gasteiger partial charge on any atom is 0.305 e. The molecular formula is C24H27ClN6O4S. The molecule has 1 fully saturated rings. The van der Waals surface area contributed by atoms with Crippen molar-refractivity contribution in [1.82, 2.24) is 30.8 Å². The molecule has 5 N–H and O–H groups in total. The van der Waals surface area contributed by atoms with Crippen LogP contribution in [0.4, 0.5) is 0 Å². The van der Waals surface area contributed by atoms with Crippen LogP contribution in [-0.4, -0.2) is 76.0 Å². The minimum Gasteiger partial charge on any atom is -0.481 e. The molecule has 5 rings (SSSR count). The summed E-state index contributed by atoms with van der Waals surface area (Å²) in [5.41, 5.74) is 0.784. The predicted molar refractivity (Wildman–Crippen MR) is 137 cm³/mol. The lowest BCUT2D eigenvalue weighted by molar-refractivity contribution is -0.139. The van der Waals surface area contributed by atoms with E-state index in [0.717, 1.165) is 41.0 Å². The Labute approximate surface area is 216 Å². The van der Waals surface area contributed by atoms with E-state index in [1.165, 1.54) is 11.3 Å². The SMILES string of the molecule is CN1CCc2nc(C(=O)NC3(CC(=O)O)CNCCC3NC(=O)c3cc4cc(Cl)ccc4[nH]3)sc2C1. The molecule has 0 aliphatic carbocycles. The molecule has 2 aliphatic heterocycles. The van der Waals surface area contributed by atoms with Gasteiger partial charge in [0.25, 0.3) is 11.8 Å². The lowest BCUT2D eigenvalue weighted by atomic mass is 9.81. The average molecular weight is 531 g/mol. The smallest absolute Gasteiger partial charge is 0.305 e. The second kappa shape index (κ2) is 9.81. The van der Waals surface area contributed by atoms with Crippen molar-refractivity contribution in [2.45, 2.75) is 37.4 Å². The Hall–Kier alpha value is -2.99. The second-order valence-electron chi connectivity index (χ2n) is 9.46. The van der Waals surface area contributed by atoms with Gasteiger partial charge in [-0.05, 0) is 44.3 Å². The number of aromatic nitrogens is 2. The molecule has 3 aromatic rings. The number of aliphatic carboxylic acids is 1. The molecule has 2 aliphatic rings. The number of hydrogen-bond donors (Lipinski definition) is 5. The van der Waals surface area contributed by atoms with Crippen molar-refractivity contribution in [2.24, 2.45) is 0 Å². The number of nitrogens with one attached hydrogen (secondary N) is 4. The summed E-state index contributed by atoms with van der Waals surface area (Å²) in [6, 6.07) is 6.37. The first kappa shape index (κ1) is 24.7. The van der Waals surface area contributed by atoms with Gasteiger partial charge in [0.1, 0.15) is 5.69 Å². The van der Waals surface area contributed by atoms with Crippen LogP contribution in [0.5, 0.6) is 0 Å². The van der Waals surface area contributed by atoms with Crippen LogP contribution < -0.4 is 16.0 Å². The van der Waals surface area contributed by atoms with E-state index in [1.54, 1.807) is 24.3 Å². The van der Waals surface area contributed by atoms with Crippen molar-refractivity contribution in [2.75, 3.05) is 26.7 Å². The number of carbonyl (C=O) groups is 3. The van der Waals surface area contributed by atoms with Gasteiger partial charge in [-0.3, -0.25) is 14.4 Å². The van der Waals surface area contributed by atoms with Gasteiger partial charge in [0.15, 0.2) is 5.01 Å². The van der Waals surface area contributed by atoms with Crippen LogP contribution in [0.1, 0.15) is 43.7 Å². The molecule has 1 saturated heterocycles. The zero-order valence-corrected chi connectivity index (χ0v) is 21.3. The van der Waals surface area contributed by atoms with E-state index in [2.05, 4.69) is 30.8 Å². The number of fused-ring (bicyclic) bond motifs is 2. The van der Waals surface area contributed by atoms with Crippen LogP contribution in [0.3, 0.4) is 0 Å². The van der Waals surface area contributed by atoms with Crippen molar-refractivity contribution in [3.05, 3.63) is 50.6 Å². The molecule has 10 nitrogen and oxygen atoms in total. The highest BCUT2D eigenvalue weighted by Gasteiger charge is 2.45. The number of carbonyl (C=O) groups excluding carboxylic acids is 2. The predicted octanol–water partition coefficient (Wildman–Crippen LogP) is 2.00. The zero-order chi connectivity index (χ0) is 25.4. The van der Waals surface area contributed by atoms with E-state index >= 15 is 0 Å². The molecular weight excluding hydrogens is 504 g/mol. The molecule has 2 amide bonds. The van der Waals surface area contributed by atoms with E-state index < -0.39 is 23.5 Å². The van der Waals surface area contributed by atoms with E-state index in [-0.39, 0.29) is 18.9 Å². The number of carboxylic acid groups (broad SMARTS) is 1. The molecule has 2 aromatic heterocycles. The van der Waals surface area contributed by atoms with Crippen molar-refractivity contribution >= 4 is 51.6 Å². The topological polar surface area (TPSA) is 139 Å². The summed E-state index contributed by atoms with van der Waals surface area (Å²) in [7, 11) is 2.02. The van der Waals surface area contributed by atoms with Gasteiger partial charge in [-0.2, -0.15) is 0 Å². The van der Waals surface area contributed by atoms with E-state index in [1.807, 2.05) is 7.05 Å². The van der Waals surface area contributed by atoms with Crippen LogP contribution in [0.25, 0.3) is 10.9 Å². The van der Waals surface area contributed by atoms with Gasteiger partial charge in [0.05, 0.1) is 23.7 Å². The molecule has 36 heavy (non-hydrogen) atoms. The lowest BCUT2D eigenvalue weighted by Crippen LogP contribution is -2.70. The van der Waals surface area contributed by atoms with Crippen molar-refractivity contribution in [3.8, 4) is 0 Å². The normalized spacial score (nSPS) is 22.2. The fourth-order valence-corrected chi connectivity index (χ4v) is 6.22. The van der Waals surface area contributed by atoms with Crippen LogP contribution in [0.15, 0.2) is 24.3 Å². The number of nitrogens with zero attached hydrogens (tertiary/aromatic N) is 2. The van der Waals surface area contributed by atoms with E-state index in [9.17, 15) is 19.5 Å². The molecule has 0 bridgehead atoms. The van der Waals surface area contributed by atoms with Crippen molar-refractivity contribution in [3.63, 3.8) is 0 Å². The number of halogens is 1. The van der Waals surface area contributed by atoms with Gasteiger partial charge >= 0.3 is 5.97 Å². The molecule has 4 heterocycles. The molecule has 0 spiro atoms. The first-order valence-corrected chi connectivity index (χ1v) is 12.9. The maximum absolute atomic E-state index is 13.3. The van der Waals surface area contributed by atoms with Crippen LogP contribution >= 0.6 is 22.9 Å². The molecule has 190 valence electrons. The average Bonchev–Trinajstić information content (AvgIpc) is 3.43. The second-order valence-corrected chi connectivity index (χ2v) is 11.0. The summed E-state index contributed by atoms with van der Waals surface area (Å²) in [6.45, 7) is 2.38. The Morgan fingerprint density at radius 1 is 1.31 bits per heavy atom. The number of amides is 2. The quantitative estimate of drug-likeness (QED) is 0.328. The Morgan fingerprint density at radius 2 is 2.14 bits per heavy atom. The summed E-state index contributed by atoms with van der Waals surface area (Å²) in [5, 5.41) is 20.5. The fraction of sp³-hybridized carbons (Fsp3) is 0.417. The number of benzene rings is 1. The highest BCUT2D eigenvalue weighted by Crippen LogP contribution is 2.27. The maximum atomic E-state index is 13.3. The Morgan fingerprint density at radius 3 is 2.94 bits per heavy atom. The Kier molecular flexibility index (Phi) is 6.73. The zero-order valence-electron chi connectivity index (χ0n) is 19.7. The third-order valence-electron chi connectivity index (χ3n) is 6.80. The highest BCUT2D eigenvalue weighted by atomic mass is 35.5. The number of thiazole rings is 1. The number of hydrogen-bond acceptors (Lipinski definition) is 7. The first-order chi connectivity index (χ1) is 17.2. The number of carboxylic acids is 1. The van der Waals surface area contributed by atoms with Gasteiger partial charge in [-0.1, -0.05) is 11.6 Å². The van der Waals surface area contributed by atoms with E-state index in [4.69, 9.17) is 11.6 Å². The lowest BCUT2D eigenvalue weighted by Gasteiger charge is -2.44. The molecule has 12 heteroatoms. The van der Waals surface area contributed by atoms with Gasteiger partial charge < -0.3 is 30.9 Å². The third-order valence-corrected chi connectivity index (χ3v) is 8.11. The number of rotatable bonds is 6. The van der Waals surface area contributed by atoms with Gasteiger partial charge in [-0.25, -0.2) is 4.98 Å². The summed E-state index contributed by atoms with van der Waals surface area (Å²) < 4.78 is 0. The number of likely N-dealkylation sites (N-methyl/N-ethyl adjacent to an activating group) is 1. The molecule has 2 atom stereocenters. The minimum atomic E-state index is -1.23. The monoisotopic (exact) mass is 530 g/mol. The standard InChI is InChI=1S/C24H27ClN6O4S/c1-31-7-5-16-18(11-31)36-23(28-16)22(35)30-24(10-20(32)33)12-26-6-4-19(24)29-21(34)17-9-13-8-14(25)2-3-15(13)27-17/h2-3,8-9,19,26-27H,4-7,10-12H2,1H3,(H,29,34)(H,30,35)(H,32,33). The molecule has 0 saturated carbocycles. The largest absolute Gasteiger partial charge is 0.481 e. The summed E-state index contributed by atoms with van der Waals surface area (Å²) in [4.78, 5) is 49.2. The molecule has 2 unspecified atom stereocenters. The van der Waals surface area contributed by atoms with Crippen molar-refractivity contribution in [1.29, 1.82) is 0 Å². The number of piperidine rings is 1. The third kappa shape index (κ3) is 4.96. The fourth-order valence-electron chi connectivity index (χ4n) is 4.96. The Bertz CT molecular complexity index is 1340.